The third-order valence-corrected chi connectivity index (χ3v) is 4.15. The van der Waals surface area contributed by atoms with Crippen LogP contribution in [0.15, 0.2) is 41.8 Å². The molecule has 1 unspecified atom stereocenters. The van der Waals surface area contributed by atoms with Gasteiger partial charge in [0.25, 0.3) is 0 Å². The minimum atomic E-state index is -0.639. The second kappa shape index (κ2) is 7.81. The SMILES string of the molecule is COc1ccccc1CCC(=O)NCC(O)c1cccs1. The number of thiophene rings is 1. The molecule has 0 radical (unpaired) electrons. The lowest BCUT2D eigenvalue weighted by atomic mass is 10.1. The van der Waals surface area contributed by atoms with Crippen LogP contribution in [0.3, 0.4) is 0 Å². The van der Waals surface area contributed by atoms with Crippen LogP contribution in [0.2, 0.25) is 0 Å². The fraction of sp³-hybridized carbons (Fsp3) is 0.312. The predicted molar refractivity (Wildman–Crippen MR) is 83.6 cm³/mol. The van der Waals surface area contributed by atoms with E-state index in [0.29, 0.717) is 12.8 Å². The predicted octanol–water partition coefficient (Wildman–Crippen LogP) is 2.54. The van der Waals surface area contributed by atoms with E-state index in [1.54, 1.807) is 7.11 Å². The van der Waals surface area contributed by atoms with Crippen molar-refractivity contribution in [2.24, 2.45) is 0 Å². The Morgan fingerprint density at radius 1 is 1.33 bits per heavy atom. The van der Waals surface area contributed by atoms with Crippen molar-refractivity contribution in [1.29, 1.82) is 0 Å². The summed E-state index contributed by atoms with van der Waals surface area (Å²) in [5.41, 5.74) is 1.01. The van der Waals surface area contributed by atoms with Crippen LogP contribution in [0.25, 0.3) is 0 Å². The highest BCUT2D eigenvalue weighted by Gasteiger charge is 2.11. The quantitative estimate of drug-likeness (QED) is 0.826. The minimum Gasteiger partial charge on any atom is -0.496 e. The number of aliphatic hydroxyl groups excluding tert-OH is 1. The molecule has 0 aliphatic heterocycles. The summed E-state index contributed by atoms with van der Waals surface area (Å²) in [5.74, 6) is 0.723. The van der Waals surface area contributed by atoms with E-state index < -0.39 is 6.10 Å². The van der Waals surface area contributed by atoms with Crippen LogP contribution in [0.4, 0.5) is 0 Å². The number of ether oxygens (including phenoxy) is 1. The average molecular weight is 305 g/mol. The van der Waals surface area contributed by atoms with Gasteiger partial charge >= 0.3 is 0 Å². The van der Waals surface area contributed by atoms with E-state index in [1.807, 2.05) is 41.8 Å². The standard InChI is InChI=1S/C16H19NO3S/c1-20-14-6-3-2-5-12(14)8-9-16(19)17-11-13(18)15-7-4-10-21-15/h2-7,10,13,18H,8-9,11H2,1H3,(H,17,19). The number of aryl methyl sites for hydroxylation is 1. The van der Waals surface area contributed by atoms with Gasteiger partial charge in [-0.3, -0.25) is 4.79 Å². The van der Waals surface area contributed by atoms with Gasteiger partial charge in [-0.25, -0.2) is 0 Å². The molecule has 5 heteroatoms. The summed E-state index contributed by atoms with van der Waals surface area (Å²) in [4.78, 5) is 12.7. The van der Waals surface area contributed by atoms with E-state index >= 15 is 0 Å². The first kappa shape index (κ1) is 15.5. The van der Waals surface area contributed by atoms with Crippen molar-refractivity contribution in [3.63, 3.8) is 0 Å². The Morgan fingerprint density at radius 2 is 2.14 bits per heavy atom. The van der Waals surface area contributed by atoms with Crippen LogP contribution in [-0.2, 0) is 11.2 Å². The molecule has 21 heavy (non-hydrogen) atoms. The summed E-state index contributed by atoms with van der Waals surface area (Å²) in [6, 6.07) is 11.4. The summed E-state index contributed by atoms with van der Waals surface area (Å²) in [6.07, 6.45) is 0.350. The van der Waals surface area contributed by atoms with Crippen molar-refractivity contribution >= 4 is 17.2 Å². The smallest absolute Gasteiger partial charge is 0.220 e. The molecule has 0 bridgehead atoms. The van der Waals surface area contributed by atoms with Gasteiger partial charge in [0, 0.05) is 17.8 Å². The van der Waals surface area contributed by atoms with E-state index in [4.69, 9.17) is 4.74 Å². The van der Waals surface area contributed by atoms with Crippen LogP contribution in [0, 0.1) is 0 Å². The monoisotopic (exact) mass is 305 g/mol. The number of carbonyl (C=O) groups is 1. The topological polar surface area (TPSA) is 58.6 Å². The summed E-state index contributed by atoms with van der Waals surface area (Å²) in [6.45, 7) is 0.241. The molecule has 2 aromatic rings. The molecule has 0 saturated carbocycles. The summed E-state index contributed by atoms with van der Waals surface area (Å²) in [7, 11) is 1.62. The van der Waals surface area contributed by atoms with Crippen LogP contribution < -0.4 is 10.1 Å². The van der Waals surface area contributed by atoms with Gasteiger partial charge in [0.05, 0.1) is 7.11 Å². The lowest BCUT2D eigenvalue weighted by molar-refractivity contribution is -0.121. The molecule has 0 fully saturated rings. The Balaban J connectivity index is 1.77. The lowest BCUT2D eigenvalue weighted by Gasteiger charge is -2.11. The molecule has 2 rings (SSSR count). The van der Waals surface area contributed by atoms with Gasteiger partial charge in [-0.1, -0.05) is 24.3 Å². The summed E-state index contributed by atoms with van der Waals surface area (Å²) < 4.78 is 5.25. The van der Waals surface area contributed by atoms with Gasteiger partial charge < -0.3 is 15.2 Å². The van der Waals surface area contributed by atoms with E-state index in [1.165, 1.54) is 11.3 Å². The Morgan fingerprint density at radius 3 is 2.86 bits per heavy atom. The zero-order valence-electron chi connectivity index (χ0n) is 11.9. The number of para-hydroxylation sites is 1. The van der Waals surface area contributed by atoms with Gasteiger partial charge in [0.1, 0.15) is 11.9 Å². The molecule has 112 valence electrons. The van der Waals surface area contributed by atoms with E-state index in [9.17, 15) is 9.90 Å². The van der Waals surface area contributed by atoms with Crippen molar-refractivity contribution in [3.8, 4) is 5.75 Å². The molecule has 1 amide bonds. The molecule has 0 saturated heterocycles. The zero-order valence-corrected chi connectivity index (χ0v) is 12.7. The molecule has 1 aromatic heterocycles. The molecule has 2 N–H and O–H groups in total. The highest BCUT2D eigenvalue weighted by Crippen LogP contribution is 2.19. The number of methoxy groups -OCH3 is 1. The number of carbonyl (C=O) groups excluding carboxylic acids is 1. The molecule has 0 aliphatic carbocycles. The van der Waals surface area contributed by atoms with E-state index in [0.717, 1.165) is 16.2 Å². The van der Waals surface area contributed by atoms with Gasteiger partial charge in [0.2, 0.25) is 5.91 Å². The largest absolute Gasteiger partial charge is 0.496 e. The first-order valence-electron chi connectivity index (χ1n) is 6.80. The van der Waals surface area contributed by atoms with Crippen molar-refractivity contribution in [2.75, 3.05) is 13.7 Å². The van der Waals surface area contributed by atoms with Crippen LogP contribution >= 0.6 is 11.3 Å². The number of hydrogen-bond acceptors (Lipinski definition) is 4. The van der Waals surface area contributed by atoms with E-state index in [-0.39, 0.29) is 12.5 Å². The molecule has 1 heterocycles. The average Bonchev–Trinajstić information content (AvgIpc) is 3.05. The lowest BCUT2D eigenvalue weighted by Crippen LogP contribution is -2.28. The number of aliphatic hydroxyl groups is 1. The fourth-order valence-electron chi connectivity index (χ4n) is 2.04. The van der Waals surface area contributed by atoms with Crippen molar-refractivity contribution in [3.05, 3.63) is 52.2 Å². The Hall–Kier alpha value is -1.85. The second-order valence-electron chi connectivity index (χ2n) is 4.65. The van der Waals surface area contributed by atoms with E-state index in [2.05, 4.69) is 5.32 Å². The highest BCUT2D eigenvalue weighted by atomic mass is 32.1. The number of benzene rings is 1. The minimum absolute atomic E-state index is 0.0727. The molecule has 1 atom stereocenters. The van der Waals surface area contributed by atoms with Crippen molar-refractivity contribution < 1.29 is 14.6 Å². The Labute approximate surface area is 128 Å². The van der Waals surface area contributed by atoms with Crippen molar-refractivity contribution in [1.82, 2.24) is 5.32 Å². The molecule has 4 nitrogen and oxygen atoms in total. The highest BCUT2D eigenvalue weighted by molar-refractivity contribution is 7.10. The Kier molecular flexibility index (Phi) is 5.78. The van der Waals surface area contributed by atoms with Gasteiger partial charge in [-0.15, -0.1) is 11.3 Å². The van der Waals surface area contributed by atoms with Gasteiger partial charge in [0.15, 0.2) is 0 Å². The molecule has 0 aliphatic rings. The van der Waals surface area contributed by atoms with Crippen LogP contribution in [0.5, 0.6) is 5.75 Å². The van der Waals surface area contributed by atoms with Gasteiger partial charge in [-0.05, 0) is 29.5 Å². The van der Waals surface area contributed by atoms with Crippen molar-refractivity contribution in [2.45, 2.75) is 18.9 Å². The summed E-state index contributed by atoms with van der Waals surface area (Å²) >= 11 is 1.48. The molecule has 1 aromatic carbocycles. The number of rotatable bonds is 7. The maximum absolute atomic E-state index is 11.8. The maximum Gasteiger partial charge on any atom is 0.220 e. The molecular formula is C16H19NO3S. The molecule has 0 spiro atoms. The first-order chi connectivity index (χ1) is 10.2. The maximum atomic E-state index is 11.8. The number of amides is 1. The third-order valence-electron chi connectivity index (χ3n) is 3.18. The van der Waals surface area contributed by atoms with Gasteiger partial charge in [-0.2, -0.15) is 0 Å². The van der Waals surface area contributed by atoms with Crippen LogP contribution in [-0.4, -0.2) is 24.7 Å². The van der Waals surface area contributed by atoms with Crippen LogP contribution in [0.1, 0.15) is 23.0 Å². The third kappa shape index (κ3) is 4.58. The number of nitrogens with one attached hydrogen (secondary N) is 1. The summed E-state index contributed by atoms with van der Waals surface area (Å²) in [5, 5.41) is 14.6. The molecular weight excluding hydrogens is 286 g/mol. The normalized spacial score (nSPS) is 11.9. The first-order valence-corrected chi connectivity index (χ1v) is 7.68. The second-order valence-corrected chi connectivity index (χ2v) is 5.63. The number of hydrogen-bond donors (Lipinski definition) is 2. The zero-order chi connectivity index (χ0) is 15.1. The Bertz CT molecular complexity index is 569. The fourth-order valence-corrected chi connectivity index (χ4v) is 2.75.